The van der Waals surface area contributed by atoms with Crippen molar-refractivity contribution in [1.82, 2.24) is 5.32 Å². The van der Waals surface area contributed by atoms with Crippen molar-refractivity contribution in [3.05, 3.63) is 35.4 Å². The Hall–Kier alpha value is -1.39. The van der Waals surface area contributed by atoms with Crippen molar-refractivity contribution >= 4 is 5.91 Å². The predicted molar refractivity (Wildman–Crippen MR) is 72.7 cm³/mol. The van der Waals surface area contributed by atoms with Gasteiger partial charge < -0.3 is 15.2 Å². The summed E-state index contributed by atoms with van der Waals surface area (Å²) < 4.78 is 5.37. The molecule has 1 saturated heterocycles. The van der Waals surface area contributed by atoms with Crippen LogP contribution in [0.2, 0.25) is 0 Å². The highest BCUT2D eigenvalue weighted by Gasteiger charge is 2.30. The molecule has 2 rings (SSSR count). The van der Waals surface area contributed by atoms with E-state index in [9.17, 15) is 9.90 Å². The molecule has 3 unspecified atom stereocenters. The van der Waals surface area contributed by atoms with E-state index in [0.29, 0.717) is 6.61 Å². The number of rotatable bonds is 4. The molecule has 1 aliphatic rings. The maximum absolute atomic E-state index is 12.0. The minimum Gasteiger partial charge on any atom is -0.387 e. The Balaban J connectivity index is 1.88. The first-order valence-corrected chi connectivity index (χ1v) is 6.72. The molecule has 4 heteroatoms. The molecule has 19 heavy (non-hydrogen) atoms. The van der Waals surface area contributed by atoms with Crippen LogP contribution in [0.3, 0.4) is 0 Å². The highest BCUT2D eigenvalue weighted by molar-refractivity contribution is 5.79. The summed E-state index contributed by atoms with van der Waals surface area (Å²) in [6.07, 6.45) is 0.0615. The second-order valence-electron chi connectivity index (χ2n) is 5.09. The fourth-order valence-corrected chi connectivity index (χ4v) is 2.48. The largest absolute Gasteiger partial charge is 0.387 e. The average Bonchev–Trinajstić information content (AvgIpc) is 2.82. The summed E-state index contributed by atoms with van der Waals surface area (Å²) in [5.74, 6) is -0.123. The third-order valence-corrected chi connectivity index (χ3v) is 3.73. The first-order valence-electron chi connectivity index (χ1n) is 6.72. The van der Waals surface area contributed by atoms with Gasteiger partial charge >= 0.3 is 0 Å². The molecule has 1 heterocycles. The number of amides is 1. The average molecular weight is 263 g/mol. The molecule has 1 aromatic carbocycles. The molecule has 0 aromatic heterocycles. The predicted octanol–water partition coefficient (Wildman–Crippen LogP) is 1.57. The standard InChI is InChI=1S/C15H21NO3/c1-10-5-3-4-6-12(10)14(17)9-16-15(18)13-7-8-19-11(13)2/h3-6,11,13-14,17H,7-9H2,1-2H3,(H,16,18). The van der Waals surface area contributed by atoms with Crippen LogP contribution in [0.1, 0.15) is 30.6 Å². The van der Waals surface area contributed by atoms with Crippen LogP contribution in [-0.2, 0) is 9.53 Å². The van der Waals surface area contributed by atoms with Crippen molar-refractivity contribution in [3.8, 4) is 0 Å². The topological polar surface area (TPSA) is 58.6 Å². The minimum atomic E-state index is -0.664. The lowest BCUT2D eigenvalue weighted by Gasteiger charge is -2.17. The Morgan fingerprint density at radius 1 is 1.53 bits per heavy atom. The normalized spacial score (nSPS) is 24.2. The van der Waals surface area contributed by atoms with Gasteiger partial charge in [0, 0.05) is 13.2 Å². The third kappa shape index (κ3) is 3.33. The van der Waals surface area contributed by atoms with Crippen molar-refractivity contribution in [1.29, 1.82) is 0 Å². The van der Waals surface area contributed by atoms with Crippen LogP contribution in [-0.4, -0.2) is 30.3 Å². The van der Waals surface area contributed by atoms with Gasteiger partial charge in [0.15, 0.2) is 0 Å². The molecule has 4 nitrogen and oxygen atoms in total. The van der Waals surface area contributed by atoms with Gasteiger partial charge in [0.2, 0.25) is 5.91 Å². The lowest BCUT2D eigenvalue weighted by Crippen LogP contribution is -2.36. The Kier molecular flexibility index (Phi) is 4.56. The SMILES string of the molecule is Cc1ccccc1C(O)CNC(=O)C1CCOC1C. The Morgan fingerprint density at radius 2 is 2.26 bits per heavy atom. The molecule has 104 valence electrons. The number of ether oxygens (including phenoxy) is 1. The van der Waals surface area contributed by atoms with Crippen molar-refractivity contribution in [2.45, 2.75) is 32.5 Å². The molecule has 2 N–H and O–H groups in total. The Bertz CT molecular complexity index is 447. The molecule has 0 aliphatic carbocycles. The summed E-state index contributed by atoms with van der Waals surface area (Å²) in [4.78, 5) is 12.0. The zero-order valence-electron chi connectivity index (χ0n) is 11.4. The second-order valence-corrected chi connectivity index (χ2v) is 5.09. The van der Waals surface area contributed by atoms with Crippen LogP contribution >= 0.6 is 0 Å². The van der Waals surface area contributed by atoms with Gasteiger partial charge in [-0.3, -0.25) is 4.79 Å². The molecule has 1 amide bonds. The van der Waals surface area contributed by atoms with E-state index in [1.807, 2.05) is 38.1 Å². The minimum absolute atomic E-state index is 0.0300. The van der Waals surface area contributed by atoms with Gasteiger partial charge in [-0.2, -0.15) is 0 Å². The number of hydrogen-bond donors (Lipinski definition) is 2. The summed E-state index contributed by atoms with van der Waals surface area (Å²) in [6, 6.07) is 7.66. The van der Waals surface area contributed by atoms with Gasteiger partial charge in [0.05, 0.1) is 18.1 Å². The third-order valence-electron chi connectivity index (χ3n) is 3.73. The van der Waals surface area contributed by atoms with Gasteiger partial charge in [-0.25, -0.2) is 0 Å². The summed E-state index contributed by atoms with van der Waals surface area (Å²) in [5.41, 5.74) is 1.89. The smallest absolute Gasteiger partial charge is 0.225 e. The molecule has 0 radical (unpaired) electrons. The van der Waals surface area contributed by atoms with E-state index >= 15 is 0 Å². The number of carbonyl (C=O) groups excluding carboxylic acids is 1. The van der Waals surface area contributed by atoms with Gasteiger partial charge in [-0.05, 0) is 31.4 Å². The van der Waals surface area contributed by atoms with Crippen molar-refractivity contribution < 1.29 is 14.6 Å². The second kappa shape index (κ2) is 6.17. The lowest BCUT2D eigenvalue weighted by molar-refractivity contribution is -0.126. The van der Waals surface area contributed by atoms with Crippen LogP contribution in [0.15, 0.2) is 24.3 Å². The molecule has 3 atom stereocenters. The number of aliphatic hydroxyl groups excluding tert-OH is 1. The quantitative estimate of drug-likeness (QED) is 0.867. The van der Waals surface area contributed by atoms with Crippen molar-refractivity contribution in [3.63, 3.8) is 0 Å². The van der Waals surface area contributed by atoms with Gasteiger partial charge in [-0.15, -0.1) is 0 Å². The zero-order valence-corrected chi connectivity index (χ0v) is 11.4. The summed E-state index contributed by atoms with van der Waals surface area (Å²) in [5, 5.41) is 12.9. The van der Waals surface area contributed by atoms with Gasteiger partial charge in [-0.1, -0.05) is 24.3 Å². The molecule has 0 saturated carbocycles. The van der Waals surface area contributed by atoms with Crippen LogP contribution in [0.4, 0.5) is 0 Å². The van der Waals surface area contributed by atoms with E-state index in [1.165, 1.54) is 0 Å². The Labute approximate surface area is 113 Å². The molecular formula is C15H21NO3. The van der Waals surface area contributed by atoms with E-state index in [4.69, 9.17) is 4.74 Å². The molecular weight excluding hydrogens is 242 g/mol. The monoisotopic (exact) mass is 263 g/mol. The summed E-state index contributed by atoms with van der Waals surface area (Å²) >= 11 is 0. The molecule has 0 spiro atoms. The van der Waals surface area contributed by atoms with Crippen LogP contribution in [0.25, 0.3) is 0 Å². The van der Waals surface area contributed by atoms with Crippen molar-refractivity contribution in [2.24, 2.45) is 5.92 Å². The summed E-state index contributed by atoms with van der Waals surface area (Å²) in [6.45, 7) is 4.74. The lowest BCUT2D eigenvalue weighted by atomic mass is 10.0. The van der Waals surface area contributed by atoms with E-state index < -0.39 is 6.10 Å². The van der Waals surface area contributed by atoms with E-state index in [2.05, 4.69) is 5.32 Å². The number of aliphatic hydroxyl groups is 1. The van der Waals surface area contributed by atoms with Crippen LogP contribution < -0.4 is 5.32 Å². The van der Waals surface area contributed by atoms with Gasteiger partial charge in [0.1, 0.15) is 0 Å². The number of nitrogens with one attached hydrogen (secondary N) is 1. The van der Waals surface area contributed by atoms with E-state index in [0.717, 1.165) is 17.5 Å². The fourth-order valence-electron chi connectivity index (χ4n) is 2.48. The molecule has 1 fully saturated rings. The highest BCUT2D eigenvalue weighted by Crippen LogP contribution is 2.21. The first kappa shape index (κ1) is 14.0. The molecule has 0 bridgehead atoms. The van der Waals surface area contributed by atoms with Crippen molar-refractivity contribution in [2.75, 3.05) is 13.2 Å². The molecule has 1 aromatic rings. The van der Waals surface area contributed by atoms with Gasteiger partial charge in [0.25, 0.3) is 0 Å². The number of aryl methyl sites for hydroxylation is 1. The first-order chi connectivity index (χ1) is 9.09. The van der Waals surface area contributed by atoms with E-state index in [1.54, 1.807) is 0 Å². The Morgan fingerprint density at radius 3 is 2.89 bits per heavy atom. The maximum Gasteiger partial charge on any atom is 0.225 e. The highest BCUT2D eigenvalue weighted by atomic mass is 16.5. The molecule has 1 aliphatic heterocycles. The number of benzene rings is 1. The maximum atomic E-state index is 12.0. The summed E-state index contributed by atoms with van der Waals surface area (Å²) in [7, 11) is 0. The zero-order chi connectivity index (χ0) is 13.8. The van der Waals surface area contributed by atoms with Crippen LogP contribution in [0, 0.1) is 12.8 Å². The van der Waals surface area contributed by atoms with E-state index in [-0.39, 0.29) is 24.5 Å². The van der Waals surface area contributed by atoms with Crippen LogP contribution in [0.5, 0.6) is 0 Å². The number of hydrogen-bond acceptors (Lipinski definition) is 3. The number of carbonyl (C=O) groups is 1. The fraction of sp³-hybridized carbons (Fsp3) is 0.533.